The average molecular weight is 460 g/mol. The fourth-order valence-corrected chi connectivity index (χ4v) is 6.55. The van der Waals surface area contributed by atoms with E-state index in [0.29, 0.717) is 31.9 Å². The van der Waals surface area contributed by atoms with Crippen LogP contribution in [-0.2, 0) is 47.7 Å². The van der Waals surface area contributed by atoms with E-state index in [1.165, 1.54) is 15.4 Å². The molecule has 0 bridgehead atoms. The van der Waals surface area contributed by atoms with Crippen molar-refractivity contribution in [2.75, 3.05) is 22.8 Å². The van der Waals surface area contributed by atoms with Gasteiger partial charge in [0.1, 0.15) is 0 Å². The molecule has 1 aliphatic heterocycles. The first kappa shape index (κ1) is 21.3. The average Bonchev–Trinajstić information content (AvgIpc) is 3.49. The molecule has 2 aromatic rings. The van der Waals surface area contributed by atoms with E-state index in [2.05, 4.69) is 21.2 Å². The van der Waals surface area contributed by atoms with E-state index in [1.807, 2.05) is 0 Å². The van der Waals surface area contributed by atoms with Crippen molar-refractivity contribution >= 4 is 27.7 Å². The molecule has 9 nitrogen and oxygen atoms in total. The Bertz CT molecular complexity index is 1110. The highest BCUT2D eigenvalue weighted by molar-refractivity contribution is 7.91. The minimum atomic E-state index is -4.17. The molecule has 2 N–H and O–H groups in total. The number of aryl methyl sites for hydroxylation is 3. The summed E-state index contributed by atoms with van der Waals surface area (Å²) in [6, 6.07) is 2.86. The fraction of sp³-hybridized carbons (Fsp3) is 0.545. The van der Waals surface area contributed by atoms with Crippen molar-refractivity contribution in [2.24, 2.45) is 7.05 Å². The molecule has 10 heteroatoms. The Morgan fingerprint density at radius 2 is 1.78 bits per heavy atom. The quantitative estimate of drug-likeness (QED) is 0.715. The molecule has 0 radical (unpaired) electrons. The largest absolute Gasteiger partial charge is 0.381 e. The van der Waals surface area contributed by atoms with E-state index in [1.54, 1.807) is 24.0 Å². The first-order chi connectivity index (χ1) is 15.4. The number of nitrogens with one attached hydrogen (secondary N) is 2. The summed E-state index contributed by atoms with van der Waals surface area (Å²) in [6.45, 7) is 0.940. The monoisotopic (exact) mass is 459 g/mol. The van der Waals surface area contributed by atoms with Crippen LogP contribution in [0.25, 0.3) is 0 Å². The van der Waals surface area contributed by atoms with Crippen LogP contribution in [0.4, 0.5) is 16.3 Å². The topological polar surface area (TPSA) is 106 Å². The molecule has 172 valence electrons. The SMILES string of the molecule is Cn1ccc(N(C2CCOCC2)S(=O)(=O)NC(=O)Nc2c3c(cc4c2CCC4)CCC3)n1. The number of fused-ring (bicyclic) bond motifs is 2. The van der Waals surface area contributed by atoms with Crippen LogP contribution in [0.1, 0.15) is 47.9 Å². The van der Waals surface area contributed by atoms with Crippen molar-refractivity contribution in [1.29, 1.82) is 0 Å². The summed E-state index contributed by atoms with van der Waals surface area (Å²) in [4.78, 5) is 13.0. The summed E-state index contributed by atoms with van der Waals surface area (Å²) < 4.78 is 37.2. The van der Waals surface area contributed by atoms with Crippen LogP contribution in [0.3, 0.4) is 0 Å². The lowest BCUT2D eigenvalue weighted by Crippen LogP contribution is -2.51. The van der Waals surface area contributed by atoms with Crippen LogP contribution in [0.15, 0.2) is 18.3 Å². The molecule has 0 atom stereocenters. The summed E-state index contributed by atoms with van der Waals surface area (Å²) in [6.07, 6.45) is 8.72. The van der Waals surface area contributed by atoms with Crippen molar-refractivity contribution in [2.45, 2.75) is 57.4 Å². The van der Waals surface area contributed by atoms with Gasteiger partial charge in [-0.25, -0.2) is 13.8 Å². The van der Waals surface area contributed by atoms with Gasteiger partial charge in [-0.15, -0.1) is 0 Å². The van der Waals surface area contributed by atoms with Gasteiger partial charge in [-0.3, -0.25) is 4.68 Å². The molecule has 32 heavy (non-hydrogen) atoms. The number of carbonyl (C=O) groups is 1. The Kier molecular flexibility index (Phi) is 5.58. The van der Waals surface area contributed by atoms with Crippen LogP contribution >= 0.6 is 0 Å². The first-order valence-corrected chi connectivity index (χ1v) is 12.7. The molecule has 0 unspecified atom stereocenters. The summed E-state index contributed by atoms with van der Waals surface area (Å²) in [5.74, 6) is 0.293. The second-order valence-electron chi connectivity index (χ2n) is 8.78. The minimum absolute atomic E-state index is 0.293. The Balaban J connectivity index is 1.41. The van der Waals surface area contributed by atoms with Gasteiger partial charge in [-0.2, -0.15) is 13.5 Å². The number of aromatic nitrogens is 2. The van der Waals surface area contributed by atoms with Crippen molar-refractivity contribution in [3.63, 3.8) is 0 Å². The van der Waals surface area contributed by atoms with Gasteiger partial charge >= 0.3 is 16.2 Å². The summed E-state index contributed by atoms with van der Waals surface area (Å²) in [5, 5.41) is 7.20. The third-order valence-corrected chi connectivity index (χ3v) is 8.09. The zero-order valence-electron chi connectivity index (χ0n) is 18.3. The lowest BCUT2D eigenvalue weighted by molar-refractivity contribution is 0.0874. The number of amides is 2. The van der Waals surface area contributed by atoms with Crippen molar-refractivity contribution in [3.05, 3.63) is 40.6 Å². The van der Waals surface area contributed by atoms with Crippen LogP contribution in [-0.4, -0.2) is 43.5 Å². The van der Waals surface area contributed by atoms with E-state index < -0.39 is 16.2 Å². The van der Waals surface area contributed by atoms with E-state index in [9.17, 15) is 13.2 Å². The highest BCUT2D eigenvalue weighted by atomic mass is 32.2. The molecule has 2 heterocycles. The van der Waals surface area contributed by atoms with E-state index in [4.69, 9.17) is 4.74 Å². The molecule has 2 amide bonds. The highest BCUT2D eigenvalue weighted by Crippen LogP contribution is 2.38. The molecular weight excluding hydrogens is 430 g/mol. The predicted molar refractivity (Wildman–Crippen MR) is 121 cm³/mol. The number of hydrogen-bond acceptors (Lipinski definition) is 5. The van der Waals surface area contributed by atoms with E-state index >= 15 is 0 Å². The van der Waals surface area contributed by atoms with Crippen LogP contribution in [0.2, 0.25) is 0 Å². The fourth-order valence-electron chi connectivity index (χ4n) is 5.22. The zero-order valence-corrected chi connectivity index (χ0v) is 19.1. The van der Waals surface area contributed by atoms with Gasteiger partial charge in [-0.1, -0.05) is 6.07 Å². The zero-order chi connectivity index (χ0) is 22.3. The number of nitrogens with zero attached hydrogens (tertiary/aromatic N) is 3. The third kappa shape index (κ3) is 3.97. The van der Waals surface area contributed by atoms with Crippen LogP contribution in [0.5, 0.6) is 0 Å². The van der Waals surface area contributed by atoms with Crippen molar-refractivity contribution in [3.8, 4) is 0 Å². The number of carbonyl (C=O) groups excluding carboxylic acids is 1. The number of hydrogen-bond donors (Lipinski definition) is 2. The molecule has 1 aromatic carbocycles. The maximum atomic E-state index is 13.4. The molecule has 1 saturated heterocycles. The normalized spacial score (nSPS) is 18.3. The molecule has 1 aromatic heterocycles. The van der Waals surface area contributed by atoms with Crippen LogP contribution in [0, 0.1) is 0 Å². The Morgan fingerprint density at radius 1 is 1.12 bits per heavy atom. The number of ether oxygens (including phenoxy) is 1. The molecule has 2 aliphatic carbocycles. The van der Waals surface area contributed by atoms with Gasteiger partial charge in [-0.05, 0) is 73.6 Å². The Hall–Kier alpha value is -2.59. The molecule has 5 rings (SSSR count). The molecule has 1 fully saturated rings. The predicted octanol–water partition coefficient (Wildman–Crippen LogP) is 2.45. The maximum absolute atomic E-state index is 13.4. The summed E-state index contributed by atoms with van der Waals surface area (Å²) >= 11 is 0. The lowest BCUT2D eigenvalue weighted by atomic mass is 9.99. The van der Waals surface area contributed by atoms with Gasteiger partial charge in [0.25, 0.3) is 0 Å². The van der Waals surface area contributed by atoms with Crippen molar-refractivity contribution in [1.82, 2.24) is 14.5 Å². The van der Waals surface area contributed by atoms with Gasteiger partial charge < -0.3 is 10.1 Å². The first-order valence-electron chi connectivity index (χ1n) is 11.3. The van der Waals surface area contributed by atoms with Gasteiger partial charge in [0.2, 0.25) is 0 Å². The molecule has 0 spiro atoms. The van der Waals surface area contributed by atoms with Gasteiger partial charge in [0, 0.05) is 38.2 Å². The molecule has 0 saturated carbocycles. The van der Waals surface area contributed by atoms with E-state index in [-0.39, 0.29) is 6.04 Å². The second-order valence-corrected chi connectivity index (χ2v) is 10.3. The number of rotatable bonds is 5. The third-order valence-electron chi connectivity index (χ3n) is 6.64. The second kappa shape index (κ2) is 8.40. The van der Waals surface area contributed by atoms with Gasteiger partial charge in [0.05, 0.1) is 6.04 Å². The maximum Gasteiger partial charge on any atom is 0.334 e. The lowest BCUT2D eigenvalue weighted by Gasteiger charge is -2.33. The van der Waals surface area contributed by atoms with E-state index in [0.717, 1.165) is 55.3 Å². The van der Waals surface area contributed by atoms with Gasteiger partial charge in [0.15, 0.2) is 5.82 Å². The highest BCUT2D eigenvalue weighted by Gasteiger charge is 2.35. The summed E-state index contributed by atoms with van der Waals surface area (Å²) in [7, 11) is -2.44. The minimum Gasteiger partial charge on any atom is -0.381 e. The Morgan fingerprint density at radius 3 is 2.38 bits per heavy atom. The standard InChI is InChI=1S/C22H29N5O4S/c1-26-11-8-20(24-26)27(17-9-12-31-13-10-17)32(29,30)25-22(28)23-21-18-6-2-4-15(18)14-16-5-3-7-19(16)21/h8,11,14,17H,2-7,9-10,12-13H2,1H3,(H2,23,25,28). The number of urea groups is 1. The molecular formula is C22H29N5O4S. The molecule has 3 aliphatic rings. The number of anilines is 2. The van der Waals surface area contributed by atoms with Crippen molar-refractivity contribution < 1.29 is 17.9 Å². The number of benzene rings is 1. The summed E-state index contributed by atoms with van der Waals surface area (Å²) in [5.41, 5.74) is 5.69. The Labute approximate surface area is 188 Å². The smallest absolute Gasteiger partial charge is 0.334 e. The van der Waals surface area contributed by atoms with Crippen LogP contribution < -0.4 is 14.3 Å².